The third-order valence-electron chi connectivity index (χ3n) is 2.14. The van der Waals surface area contributed by atoms with Gasteiger partial charge in [-0.25, -0.2) is 0 Å². The molecule has 1 aromatic rings. The lowest BCUT2D eigenvalue weighted by atomic mass is 10.2. The molecule has 1 unspecified atom stereocenters. The predicted octanol–water partition coefficient (Wildman–Crippen LogP) is 1.02. The van der Waals surface area contributed by atoms with Crippen LogP contribution in [0.1, 0.15) is 28.2 Å². The van der Waals surface area contributed by atoms with E-state index in [1.807, 2.05) is 20.0 Å². The summed E-state index contributed by atoms with van der Waals surface area (Å²) >= 11 is 4.27. The highest BCUT2D eigenvalue weighted by Gasteiger charge is 2.06. The smallest absolute Gasteiger partial charge is 0.252 e. The Labute approximate surface area is 101 Å². The van der Waals surface area contributed by atoms with Crippen LogP contribution in [0.25, 0.3) is 0 Å². The van der Waals surface area contributed by atoms with Gasteiger partial charge in [-0.05, 0) is 26.1 Å². The first-order valence-corrected chi connectivity index (χ1v) is 5.73. The van der Waals surface area contributed by atoms with Gasteiger partial charge in [0.25, 0.3) is 5.91 Å². The summed E-state index contributed by atoms with van der Waals surface area (Å²) < 4.78 is 0. The molecule has 2 N–H and O–H groups in total. The predicted molar refractivity (Wildman–Crippen MR) is 67.9 cm³/mol. The molecule has 0 radical (unpaired) electrons. The zero-order valence-corrected chi connectivity index (χ0v) is 10.4. The molecule has 0 bridgehead atoms. The van der Waals surface area contributed by atoms with Gasteiger partial charge in [-0.3, -0.25) is 9.78 Å². The standard InChI is InChI=1S/C11H17N3OS/c1-8(16)10-4-3-9(7-14-10)11(15)13-6-5-12-2/h3-4,7-8,12,16H,5-6H2,1-2H3,(H,13,15). The monoisotopic (exact) mass is 239 g/mol. The van der Waals surface area contributed by atoms with Crippen LogP contribution in [0.4, 0.5) is 0 Å². The van der Waals surface area contributed by atoms with Crippen molar-refractivity contribution in [1.29, 1.82) is 0 Å². The van der Waals surface area contributed by atoms with Crippen LogP contribution in [-0.2, 0) is 0 Å². The van der Waals surface area contributed by atoms with E-state index in [0.29, 0.717) is 12.1 Å². The summed E-state index contributed by atoms with van der Waals surface area (Å²) in [4.78, 5) is 15.8. The summed E-state index contributed by atoms with van der Waals surface area (Å²) in [5.74, 6) is -0.0962. The summed E-state index contributed by atoms with van der Waals surface area (Å²) in [6.45, 7) is 3.31. The van der Waals surface area contributed by atoms with Crippen molar-refractivity contribution in [3.05, 3.63) is 29.6 Å². The molecule has 16 heavy (non-hydrogen) atoms. The van der Waals surface area contributed by atoms with Crippen molar-refractivity contribution in [1.82, 2.24) is 15.6 Å². The minimum Gasteiger partial charge on any atom is -0.351 e. The molecule has 88 valence electrons. The van der Waals surface area contributed by atoms with E-state index in [1.54, 1.807) is 12.3 Å². The van der Waals surface area contributed by atoms with Crippen molar-refractivity contribution >= 4 is 18.5 Å². The van der Waals surface area contributed by atoms with Crippen molar-refractivity contribution in [2.45, 2.75) is 12.2 Å². The normalized spacial score (nSPS) is 12.2. The number of carbonyl (C=O) groups excluding carboxylic acids is 1. The van der Waals surface area contributed by atoms with Crippen molar-refractivity contribution in [2.24, 2.45) is 0 Å². The number of rotatable bonds is 5. The Kier molecular flexibility index (Phi) is 5.28. The Balaban J connectivity index is 2.56. The molecule has 5 heteroatoms. The molecular formula is C11H17N3OS. The third kappa shape index (κ3) is 3.83. The number of pyridine rings is 1. The molecule has 0 saturated heterocycles. The molecule has 1 amide bonds. The fourth-order valence-corrected chi connectivity index (χ4v) is 1.34. The van der Waals surface area contributed by atoms with E-state index in [4.69, 9.17) is 0 Å². The van der Waals surface area contributed by atoms with Crippen LogP contribution < -0.4 is 10.6 Å². The van der Waals surface area contributed by atoms with E-state index in [-0.39, 0.29) is 11.2 Å². The molecule has 1 rings (SSSR count). The second kappa shape index (κ2) is 6.50. The molecule has 0 aromatic carbocycles. The number of aromatic nitrogens is 1. The van der Waals surface area contributed by atoms with Crippen LogP contribution in [0.2, 0.25) is 0 Å². The number of hydrogen-bond acceptors (Lipinski definition) is 4. The van der Waals surface area contributed by atoms with Gasteiger partial charge >= 0.3 is 0 Å². The Morgan fingerprint density at radius 2 is 2.25 bits per heavy atom. The molecular weight excluding hydrogens is 222 g/mol. The van der Waals surface area contributed by atoms with E-state index in [2.05, 4.69) is 28.2 Å². The highest BCUT2D eigenvalue weighted by atomic mass is 32.1. The van der Waals surface area contributed by atoms with Gasteiger partial charge in [-0.15, -0.1) is 0 Å². The van der Waals surface area contributed by atoms with Crippen molar-refractivity contribution in [2.75, 3.05) is 20.1 Å². The van der Waals surface area contributed by atoms with Gasteiger partial charge in [0.2, 0.25) is 0 Å². The number of nitrogens with one attached hydrogen (secondary N) is 2. The van der Waals surface area contributed by atoms with Crippen LogP contribution in [0.3, 0.4) is 0 Å². The number of likely N-dealkylation sites (N-methyl/N-ethyl adjacent to an activating group) is 1. The quantitative estimate of drug-likeness (QED) is 0.531. The van der Waals surface area contributed by atoms with Gasteiger partial charge in [0.1, 0.15) is 0 Å². The van der Waals surface area contributed by atoms with E-state index in [9.17, 15) is 4.79 Å². The zero-order valence-electron chi connectivity index (χ0n) is 9.53. The maximum absolute atomic E-state index is 11.6. The number of nitrogens with zero attached hydrogens (tertiary/aromatic N) is 1. The molecule has 1 heterocycles. The van der Waals surface area contributed by atoms with Gasteiger partial charge in [0.15, 0.2) is 0 Å². The Hall–Kier alpha value is -1.07. The lowest BCUT2D eigenvalue weighted by Gasteiger charge is -2.06. The molecule has 0 aliphatic heterocycles. The van der Waals surface area contributed by atoms with Crippen LogP contribution in [0.15, 0.2) is 18.3 Å². The van der Waals surface area contributed by atoms with Gasteiger partial charge in [0, 0.05) is 24.5 Å². The molecule has 0 aliphatic carbocycles. The maximum atomic E-state index is 11.6. The largest absolute Gasteiger partial charge is 0.351 e. The van der Waals surface area contributed by atoms with Gasteiger partial charge in [0.05, 0.1) is 11.3 Å². The number of amides is 1. The van der Waals surface area contributed by atoms with E-state index in [0.717, 1.165) is 12.2 Å². The van der Waals surface area contributed by atoms with Gasteiger partial charge < -0.3 is 10.6 Å². The molecule has 1 aromatic heterocycles. The van der Waals surface area contributed by atoms with Crippen molar-refractivity contribution < 1.29 is 4.79 Å². The van der Waals surface area contributed by atoms with E-state index in [1.165, 1.54) is 0 Å². The van der Waals surface area contributed by atoms with Crippen molar-refractivity contribution in [3.8, 4) is 0 Å². The highest BCUT2D eigenvalue weighted by Crippen LogP contribution is 2.15. The first-order valence-electron chi connectivity index (χ1n) is 5.22. The second-order valence-electron chi connectivity index (χ2n) is 3.51. The van der Waals surface area contributed by atoms with Crippen LogP contribution in [-0.4, -0.2) is 31.0 Å². The van der Waals surface area contributed by atoms with Crippen LogP contribution >= 0.6 is 12.6 Å². The van der Waals surface area contributed by atoms with Crippen molar-refractivity contribution in [3.63, 3.8) is 0 Å². The Morgan fingerprint density at radius 1 is 1.50 bits per heavy atom. The lowest BCUT2D eigenvalue weighted by molar-refractivity contribution is 0.0954. The fraction of sp³-hybridized carbons (Fsp3) is 0.455. The minimum atomic E-state index is -0.0962. The lowest BCUT2D eigenvalue weighted by Crippen LogP contribution is -2.30. The van der Waals surface area contributed by atoms with E-state index >= 15 is 0 Å². The summed E-state index contributed by atoms with van der Waals surface area (Å²) in [7, 11) is 1.84. The van der Waals surface area contributed by atoms with E-state index < -0.39 is 0 Å². The third-order valence-corrected chi connectivity index (χ3v) is 2.40. The number of hydrogen-bond donors (Lipinski definition) is 3. The average Bonchev–Trinajstić information content (AvgIpc) is 2.29. The first kappa shape index (κ1) is 13.0. The summed E-state index contributed by atoms with van der Waals surface area (Å²) in [6, 6.07) is 3.59. The molecule has 1 atom stereocenters. The average molecular weight is 239 g/mol. The van der Waals surface area contributed by atoms with Crippen LogP contribution in [0.5, 0.6) is 0 Å². The number of thiol groups is 1. The first-order chi connectivity index (χ1) is 7.65. The SMILES string of the molecule is CNCCNC(=O)c1ccc(C(C)S)nc1. The Bertz CT molecular complexity index is 338. The van der Waals surface area contributed by atoms with Gasteiger partial charge in [-0.2, -0.15) is 12.6 Å². The highest BCUT2D eigenvalue weighted by molar-refractivity contribution is 7.80. The topological polar surface area (TPSA) is 54.0 Å². The maximum Gasteiger partial charge on any atom is 0.252 e. The molecule has 0 fully saturated rings. The van der Waals surface area contributed by atoms with Gasteiger partial charge in [-0.1, -0.05) is 0 Å². The number of carbonyl (C=O) groups is 1. The molecule has 0 aliphatic rings. The summed E-state index contributed by atoms with van der Waals surface area (Å²) in [5.41, 5.74) is 1.45. The molecule has 0 spiro atoms. The molecule has 4 nitrogen and oxygen atoms in total. The van der Waals surface area contributed by atoms with Crippen LogP contribution in [0, 0.1) is 0 Å². The summed E-state index contributed by atoms with van der Waals surface area (Å²) in [5, 5.41) is 5.83. The minimum absolute atomic E-state index is 0.0846. The Morgan fingerprint density at radius 3 is 2.75 bits per heavy atom. The second-order valence-corrected chi connectivity index (χ2v) is 4.28. The summed E-state index contributed by atoms with van der Waals surface area (Å²) in [6.07, 6.45) is 1.58. The fourth-order valence-electron chi connectivity index (χ4n) is 1.19. The zero-order chi connectivity index (χ0) is 12.0. The molecule has 0 saturated carbocycles.